The van der Waals surface area contributed by atoms with Crippen molar-refractivity contribution in [1.29, 1.82) is 0 Å². The lowest BCUT2D eigenvalue weighted by Crippen LogP contribution is -2.16. The van der Waals surface area contributed by atoms with Gasteiger partial charge in [0.2, 0.25) is 0 Å². The summed E-state index contributed by atoms with van der Waals surface area (Å²) in [5, 5.41) is 3.71. The zero-order valence-electron chi connectivity index (χ0n) is 9.34. The van der Waals surface area contributed by atoms with Crippen LogP contribution in [0.1, 0.15) is 18.2 Å². The molecule has 2 aromatic rings. The van der Waals surface area contributed by atoms with E-state index in [0.717, 1.165) is 22.2 Å². The summed E-state index contributed by atoms with van der Waals surface area (Å²) in [4.78, 5) is 11.6. The van der Waals surface area contributed by atoms with E-state index in [9.17, 15) is 4.79 Å². The number of H-pyrrole nitrogens is 1. The predicted octanol–water partition coefficient (Wildman–Crippen LogP) is 3.20. The molecule has 3 nitrogen and oxygen atoms in total. The Bertz CT molecular complexity index is 588. The molecule has 0 bridgehead atoms. The quantitative estimate of drug-likeness (QED) is 0.928. The minimum Gasteiger partial charge on any atom is -0.299 e. The van der Waals surface area contributed by atoms with E-state index in [1.165, 1.54) is 0 Å². The van der Waals surface area contributed by atoms with Crippen LogP contribution in [0.15, 0.2) is 33.5 Å². The summed E-state index contributed by atoms with van der Waals surface area (Å²) in [5.41, 5.74) is 1.92. The van der Waals surface area contributed by atoms with Crippen LogP contribution in [0.2, 0.25) is 5.02 Å². The van der Waals surface area contributed by atoms with Crippen molar-refractivity contribution in [3.05, 3.63) is 55.4 Å². The van der Waals surface area contributed by atoms with Gasteiger partial charge in [0.15, 0.2) is 0 Å². The van der Waals surface area contributed by atoms with Gasteiger partial charge in [0.1, 0.15) is 0 Å². The van der Waals surface area contributed by atoms with Crippen molar-refractivity contribution in [2.75, 3.05) is 0 Å². The third-order valence-electron chi connectivity index (χ3n) is 2.55. The van der Waals surface area contributed by atoms with Crippen LogP contribution in [0.5, 0.6) is 0 Å². The normalized spacial score (nSPS) is 10.8. The maximum atomic E-state index is 11.6. The van der Waals surface area contributed by atoms with Crippen LogP contribution in [0.25, 0.3) is 0 Å². The van der Waals surface area contributed by atoms with Gasteiger partial charge in [-0.25, -0.2) is 4.68 Å². The molecule has 0 radical (unpaired) electrons. The third-order valence-corrected chi connectivity index (χ3v) is 3.78. The van der Waals surface area contributed by atoms with Gasteiger partial charge in [-0.1, -0.05) is 24.6 Å². The van der Waals surface area contributed by atoms with Gasteiger partial charge in [0, 0.05) is 16.2 Å². The van der Waals surface area contributed by atoms with E-state index in [4.69, 9.17) is 11.6 Å². The van der Waals surface area contributed by atoms with Crippen LogP contribution in [-0.2, 0) is 13.0 Å². The molecule has 0 aliphatic carbocycles. The van der Waals surface area contributed by atoms with E-state index in [-0.39, 0.29) is 5.56 Å². The van der Waals surface area contributed by atoms with Gasteiger partial charge in [-0.15, -0.1) is 0 Å². The molecule has 2 rings (SSSR count). The largest absolute Gasteiger partial charge is 0.299 e. The molecule has 1 aromatic carbocycles. The lowest BCUT2D eigenvalue weighted by Gasteiger charge is -2.04. The molecule has 0 saturated heterocycles. The van der Waals surface area contributed by atoms with E-state index in [1.807, 2.05) is 25.1 Å². The van der Waals surface area contributed by atoms with Crippen LogP contribution >= 0.6 is 27.5 Å². The summed E-state index contributed by atoms with van der Waals surface area (Å²) in [7, 11) is 0. The second-order valence-electron chi connectivity index (χ2n) is 3.81. The lowest BCUT2D eigenvalue weighted by molar-refractivity contribution is 0.653. The van der Waals surface area contributed by atoms with E-state index in [1.54, 1.807) is 10.7 Å². The second kappa shape index (κ2) is 5.10. The van der Waals surface area contributed by atoms with Crippen molar-refractivity contribution in [2.45, 2.75) is 19.9 Å². The highest BCUT2D eigenvalue weighted by Gasteiger charge is 2.04. The minimum atomic E-state index is -0.0131. The number of hydrogen-bond acceptors (Lipinski definition) is 1. The molecular weight excluding hydrogens is 304 g/mol. The molecule has 0 aliphatic heterocycles. The molecule has 0 atom stereocenters. The van der Waals surface area contributed by atoms with Crippen molar-refractivity contribution in [1.82, 2.24) is 9.78 Å². The van der Waals surface area contributed by atoms with Gasteiger partial charge in [-0.2, -0.15) is 0 Å². The fourth-order valence-corrected chi connectivity index (χ4v) is 2.06. The topological polar surface area (TPSA) is 37.8 Å². The molecule has 17 heavy (non-hydrogen) atoms. The predicted molar refractivity (Wildman–Crippen MR) is 72.7 cm³/mol. The molecule has 5 heteroatoms. The number of rotatable bonds is 3. The van der Waals surface area contributed by atoms with E-state index in [0.29, 0.717) is 11.6 Å². The smallest absolute Gasteiger partial charge is 0.267 e. The van der Waals surface area contributed by atoms with E-state index in [2.05, 4.69) is 21.0 Å². The highest BCUT2D eigenvalue weighted by molar-refractivity contribution is 9.10. The Morgan fingerprint density at radius 3 is 2.76 bits per heavy atom. The number of hydrogen-bond donors (Lipinski definition) is 1. The molecule has 0 amide bonds. The fourth-order valence-electron chi connectivity index (χ4n) is 1.61. The first-order chi connectivity index (χ1) is 8.10. The maximum absolute atomic E-state index is 11.6. The van der Waals surface area contributed by atoms with Gasteiger partial charge in [-0.3, -0.25) is 9.89 Å². The van der Waals surface area contributed by atoms with Crippen LogP contribution in [-0.4, -0.2) is 9.78 Å². The van der Waals surface area contributed by atoms with Crippen LogP contribution in [0, 0.1) is 0 Å². The third kappa shape index (κ3) is 2.82. The van der Waals surface area contributed by atoms with Crippen molar-refractivity contribution >= 4 is 27.5 Å². The van der Waals surface area contributed by atoms with Crippen molar-refractivity contribution < 1.29 is 0 Å². The summed E-state index contributed by atoms with van der Waals surface area (Å²) < 4.78 is 2.44. The molecule has 0 spiro atoms. The first kappa shape index (κ1) is 12.5. The standard InChI is InChI=1S/C12H12BrClN2O/c1-2-9-6-12(17)16(15-9)7-8-3-4-10(13)11(14)5-8/h3-6,15H,2,7H2,1H3. The zero-order valence-corrected chi connectivity index (χ0v) is 11.7. The molecule has 0 unspecified atom stereocenters. The highest BCUT2D eigenvalue weighted by Crippen LogP contribution is 2.23. The molecule has 90 valence electrons. The summed E-state index contributed by atoms with van der Waals surface area (Å²) in [6.45, 7) is 2.51. The molecule has 1 aromatic heterocycles. The number of nitrogens with one attached hydrogen (secondary N) is 1. The average Bonchev–Trinajstić information content (AvgIpc) is 2.65. The Labute approximate surface area is 113 Å². The van der Waals surface area contributed by atoms with Crippen molar-refractivity contribution in [3.8, 4) is 0 Å². The fraction of sp³-hybridized carbons (Fsp3) is 0.250. The molecule has 0 fully saturated rings. The van der Waals surface area contributed by atoms with Crippen molar-refractivity contribution in [2.24, 2.45) is 0 Å². The Morgan fingerprint density at radius 2 is 2.18 bits per heavy atom. The number of halogens is 2. The van der Waals surface area contributed by atoms with Gasteiger partial charge >= 0.3 is 0 Å². The van der Waals surface area contributed by atoms with Gasteiger partial charge in [0.25, 0.3) is 5.56 Å². The highest BCUT2D eigenvalue weighted by atomic mass is 79.9. The number of benzene rings is 1. The van der Waals surface area contributed by atoms with Gasteiger partial charge < -0.3 is 0 Å². The molecule has 1 heterocycles. The number of aromatic nitrogens is 2. The molecule has 1 N–H and O–H groups in total. The van der Waals surface area contributed by atoms with E-state index >= 15 is 0 Å². The number of aryl methyl sites for hydroxylation is 1. The van der Waals surface area contributed by atoms with Crippen LogP contribution in [0.4, 0.5) is 0 Å². The summed E-state index contributed by atoms with van der Waals surface area (Å²) in [6.07, 6.45) is 0.823. The summed E-state index contributed by atoms with van der Waals surface area (Å²) in [5.74, 6) is 0. The summed E-state index contributed by atoms with van der Waals surface area (Å²) in [6, 6.07) is 7.30. The first-order valence-corrected chi connectivity index (χ1v) is 6.50. The Hall–Kier alpha value is -1.00. The maximum Gasteiger partial charge on any atom is 0.267 e. The van der Waals surface area contributed by atoms with E-state index < -0.39 is 0 Å². The molecule has 0 saturated carbocycles. The Kier molecular flexibility index (Phi) is 3.74. The van der Waals surface area contributed by atoms with Gasteiger partial charge in [0.05, 0.1) is 11.6 Å². The molecule has 0 aliphatic rings. The lowest BCUT2D eigenvalue weighted by atomic mass is 10.2. The first-order valence-electron chi connectivity index (χ1n) is 5.33. The summed E-state index contributed by atoms with van der Waals surface area (Å²) >= 11 is 9.34. The SMILES string of the molecule is CCc1cc(=O)n(Cc2ccc(Br)c(Cl)c2)[nH]1. The minimum absolute atomic E-state index is 0.0131. The van der Waals surface area contributed by atoms with Gasteiger partial charge in [-0.05, 0) is 40.0 Å². The van der Waals surface area contributed by atoms with Crippen LogP contribution in [0.3, 0.4) is 0 Å². The Balaban J connectivity index is 2.28. The zero-order chi connectivity index (χ0) is 12.4. The molecular formula is C12H12BrClN2O. The number of nitrogens with zero attached hydrogens (tertiary/aromatic N) is 1. The monoisotopic (exact) mass is 314 g/mol. The van der Waals surface area contributed by atoms with Crippen LogP contribution < -0.4 is 5.56 Å². The second-order valence-corrected chi connectivity index (χ2v) is 5.07. The van der Waals surface area contributed by atoms with Crippen molar-refractivity contribution in [3.63, 3.8) is 0 Å². The average molecular weight is 316 g/mol. The Morgan fingerprint density at radius 1 is 1.41 bits per heavy atom. The number of aromatic amines is 1.